The molecule has 0 saturated carbocycles. The zero-order valence-electron chi connectivity index (χ0n) is 9.43. The summed E-state index contributed by atoms with van der Waals surface area (Å²) in [7, 11) is 0. The number of non-ortho nitro benzene ring substituents is 1. The smallest absolute Gasteiger partial charge is 0.269 e. The molecule has 0 aliphatic heterocycles. The molecule has 18 heavy (non-hydrogen) atoms. The van der Waals surface area contributed by atoms with E-state index in [1.165, 1.54) is 17.0 Å². The van der Waals surface area contributed by atoms with Gasteiger partial charge in [0.05, 0.1) is 8.71 Å². The molecule has 0 spiro atoms. The molecule has 0 saturated heterocycles. The Morgan fingerprint density at radius 2 is 1.94 bits per heavy atom. The van der Waals surface area contributed by atoms with Crippen LogP contribution in [0.5, 0.6) is 0 Å². The number of halogens is 1. The van der Waals surface area contributed by atoms with Crippen LogP contribution in [0.4, 0.5) is 11.4 Å². The molecule has 0 unspecified atom stereocenters. The molecule has 0 bridgehead atoms. The molecule has 0 radical (unpaired) electrons. The molecular formula is C12H11BrN2O2S. The van der Waals surface area contributed by atoms with Crippen molar-refractivity contribution in [1.29, 1.82) is 0 Å². The highest BCUT2D eigenvalue weighted by Crippen LogP contribution is 2.22. The number of nitro benzene ring substituents is 1. The standard InChI is InChI=1S/C12H11BrN2O2S/c13-12-6-5-11(18-12)7-8-14-9-1-3-10(4-2-9)15(16)17/h1-6,14H,7-8H2. The van der Waals surface area contributed by atoms with Gasteiger partial charge in [-0.1, -0.05) is 0 Å². The monoisotopic (exact) mass is 326 g/mol. The predicted octanol–water partition coefficient (Wildman–Crippen LogP) is 4.07. The van der Waals surface area contributed by atoms with Crippen molar-refractivity contribution in [2.45, 2.75) is 6.42 Å². The fourth-order valence-electron chi connectivity index (χ4n) is 1.52. The lowest BCUT2D eigenvalue weighted by Gasteiger charge is -2.04. The number of anilines is 1. The molecule has 2 rings (SSSR count). The summed E-state index contributed by atoms with van der Waals surface area (Å²) in [5.41, 5.74) is 1.01. The van der Waals surface area contributed by atoms with Gasteiger partial charge >= 0.3 is 0 Å². The largest absolute Gasteiger partial charge is 0.385 e. The van der Waals surface area contributed by atoms with Crippen molar-refractivity contribution in [3.8, 4) is 0 Å². The molecule has 0 aliphatic rings. The summed E-state index contributed by atoms with van der Waals surface area (Å²) >= 11 is 5.14. The van der Waals surface area contributed by atoms with E-state index in [-0.39, 0.29) is 5.69 Å². The molecule has 0 amide bonds. The number of hydrogen-bond acceptors (Lipinski definition) is 4. The Bertz CT molecular complexity index is 539. The van der Waals surface area contributed by atoms with Crippen LogP contribution in [0.1, 0.15) is 4.88 Å². The maximum Gasteiger partial charge on any atom is 0.269 e. The van der Waals surface area contributed by atoms with Crippen LogP contribution >= 0.6 is 27.3 Å². The lowest BCUT2D eigenvalue weighted by molar-refractivity contribution is -0.384. The van der Waals surface area contributed by atoms with Crippen LogP contribution in [0, 0.1) is 10.1 Å². The SMILES string of the molecule is O=[N+]([O-])c1ccc(NCCc2ccc(Br)s2)cc1. The van der Waals surface area contributed by atoms with Crippen molar-refractivity contribution in [3.63, 3.8) is 0 Å². The van der Waals surface area contributed by atoms with Gasteiger partial charge in [-0.15, -0.1) is 11.3 Å². The van der Waals surface area contributed by atoms with E-state index in [2.05, 4.69) is 27.3 Å². The maximum absolute atomic E-state index is 10.5. The van der Waals surface area contributed by atoms with Crippen molar-refractivity contribution in [1.82, 2.24) is 0 Å². The molecule has 2 aromatic rings. The van der Waals surface area contributed by atoms with Gasteiger partial charge in [0.15, 0.2) is 0 Å². The minimum Gasteiger partial charge on any atom is -0.385 e. The van der Waals surface area contributed by atoms with Crippen molar-refractivity contribution in [2.24, 2.45) is 0 Å². The second-order valence-corrected chi connectivity index (χ2v) is 6.23. The molecule has 6 heteroatoms. The van der Waals surface area contributed by atoms with Crippen LogP contribution in [-0.2, 0) is 6.42 Å². The van der Waals surface area contributed by atoms with E-state index in [0.29, 0.717) is 0 Å². The van der Waals surface area contributed by atoms with Gasteiger partial charge in [0.2, 0.25) is 0 Å². The Morgan fingerprint density at radius 1 is 1.22 bits per heavy atom. The molecule has 1 N–H and O–H groups in total. The van der Waals surface area contributed by atoms with E-state index in [1.807, 2.05) is 6.07 Å². The topological polar surface area (TPSA) is 55.2 Å². The predicted molar refractivity (Wildman–Crippen MR) is 77.3 cm³/mol. The lowest BCUT2D eigenvalue weighted by Crippen LogP contribution is -2.03. The summed E-state index contributed by atoms with van der Waals surface area (Å²) < 4.78 is 1.13. The average molecular weight is 327 g/mol. The normalized spacial score (nSPS) is 10.3. The van der Waals surface area contributed by atoms with Crippen molar-refractivity contribution in [3.05, 3.63) is 55.2 Å². The summed E-state index contributed by atoms with van der Waals surface area (Å²) in [4.78, 5) is 11.4. The maximum atomic E-state index is 10.5. The van der Waals surface area contributed by atoms with Crippen LogP contribution in [0.3, 0.4) is 0 Å². The average Bonchev–Trinajstić information content (AvgIpc) is 2.76. The summed E-state index contributed by atoms with van der Waals surface area (Å²) in [5, 5.41) is 13.7. The number of rotatable bonds is 5. The zero-order valence-corrected chi connectivity index (χ0v) is 11.8. The van der Waals surface area contributed by atoms with Crippen LogP contribution in [0.25, 0.3) is 0 Å². The van der Waals surface area contributed by atoms with Crippen molar-refractivity contribution in [2.75, 3.05) is 11.9 Å². The van der Waals surface area contributed by atoms with Crippen molar-refractivity contribution >= 4 is 38.6 Å². The van der Waals surface area contributed by atoms with Gasteiger partial charge in [-0.25, -0.2) is 0 Å². The van der Waals surface area contributed by atoms with E-state index in [4.69, 9.17) is 0 Å². The van der Waals surface area contributed by atoms with Crippen molar-refractivity contribution < 1.29 is 4.92 Å². The van der Waals surface area contributed by atoms with Crippen LogP contribution in [0.15, 0.2) is 40.2 Å². The Balaban J connectivity index is 1.85. The second kappa shape index (κ2) is 5.97. The minimum atomic E-state index is -0.396. The van der Waals surface area contributed by atoms with E-state index in [0.717, 1.165) is 22.4 Å². The highest BCUT2D eigenvalue weighted by Gasteiger charge is 2.03. The van der Waals surface area contributed by atoms with Crippen LogP contribution in [-0.4, -0.2) is 11.5 Å². The fourth-order valence-corrected chi connectivity index (χ4v) is 3.00. The highest BCUT2D eigenvalue weighted by atomic mass is 79.9. The first-order valence-electron chi connectivity index (χ1n) is 5.38. The number of hydrogen-bond donors (Lipinski definition) is 1. The first-order valence-corrected chi connectivity index (χ1v) is 6.98. The number of benzene rings is 1. The summed E-state index contributed by atoms with van der Waals surface area (Å²) in [6, 6.07) is 10.6. The molecule has 4 nitrogen and oxygen atoms in total. The molecule has 0 fully saturated rings. The molecule has 94 valence electrons. The Morgan fingerprint density at radius 3 is 2.50 bits per heavy atom. The molecular weight excluding hydrogens is 316 g/mol. The van der Waals surface area contributed by atoms with Gasteiger partial charge in [0, 0.05) is 29.2 Å². The lowest BCUT2D eigenvalue weighted by atomic mass is 10.2. The Kier molecular flexibility index (Phi) is 4.33. The van der Waals surface area contributed by atoms with E-state index >= 15 is 0 Å². The van der Waals surface area contributed by atoms with Crippen LogP contribution < -0.4 is 5.32 Å². The number of nitro groups is 1. The van der Waals surface area contributed by atoms with Crippen LogP contribution in [0.2, 0.25) is 0 Å². The number of thiophene rings is 1. The van der Waals surface area contributed by atoms with E-state index < -0.39 is 4.92 Å². The zero-order chi connectivity index (χ0) is 13.0. The van der Waals surface area contributed by atoms with Gasteiger partial charge < -0.3 is 5.32 Å². The molecule has 1 aromatic heterocycles. The molecule has 1 heterocycles. The van der Waals surface area contributed by atoms with Gasteiger partial charge in [-0.3, -0.25) is 10.1 Å². The molecule has 0 atom stereocenters. The highest BCUT2D eigenvalue weighted by molar-refractivity contribution is 9.11. The number of nitrogens with one attached hydrogen (secondary N) is 1. The van der Waals surface area contributed by atoms with E-state index in [1.54, 1.807) is 23.5 Å². The Hall–Kier alpha value is -1.40. The summed E-state index contributed by atoms with van der Waals surface area (Å²) in [5.74, 6) is 0. The second-order valence-electron chi connectivity index (χ2n) is 3.69. The third-order valence-corrected chi connectivity index (χ3v) is 4.09. The van der Waals surface area contributed by atoms with Gasteiger partial charge in [0.25, 0.3) is 5.69 Å². The quantitative estimate of drug-likeness (QED) is 0.665. The fraction of sp³-hybridized carbons (Fsp3) is 0.167. The first kappa shape index (κ1) is 13.0. The molecule has 0 aliphatic carbocycles. The first-order chi connectivity index (χ1) is 8.65. The van der Waals surface area contributed by atoms with Gasteiger partial charge in [-0.05, 0) is 46.6 Å². The minimum absolute atomic E-state index is 0.114. The van der Waals surface area contributed by atoms with Gasteiger partial charge in [-0.2, -0.15) is 0 Å². The molecule has 1 aromatic carbocycles. The Labute approximate surface area is 117 Å². The number of nitrogens with zero attached hydrogens (tertiary/aromatic N) is 1. The van der Waals surface area contributed by atoms with E-state index in [9.17, 15) is 10.1 Å². The summed E-state index contributed by atoms with van der Waals surface area (Å²) in [6.07, 6.45) is 0.938. The third kappa shape index (κ3) is 3.54. The van der Waals surface area contributed by atoms with Gasteiger partial charge in [0.1, 0.15) is 0 Å². The third-order valence-electron chi connectivity index (χ3n) is 2.41. The summed E-state index contributed by atoms with van der Waals surface area (Å²) in [6.45, 7) is 0.810.